The highest BCUT2D eigenvalue weighted by Crippen LogP contribution is 2.27. The van der Waals surface area contributed by atoms with E-state index in [2.05, 4.69) is 25.4 Å². The second-order valence-corrected chi connectivity index (χ2v) is 5.56. The van der Waals surface area contributed by atoms with Gasteiger partial charge in [-0.2, -0.15) is 5.10 Å². The molecule has 1 aromatic carbocycles. The van der Waals surface area contributed by atoms with Gasteiger partial charge in [0, 0.05) is 13.1 Å². The SMILES string of the molecule is O=c1[nH]nc(CNc2nc3ccccc3nc2N2CCCC2)[nH]1. The van der Waals surface area contributed by atoms with Gasteiger partial charge in [0.2, 0.25) is 0 Å². The fraction of sp³-hybridized carbons (Fsp3) is 0.333. The zero-order valence-electron chi connectivity index (χ0n) is 12.5. The van der Waals surface area contributed by atoms with Crippen LogP contribution in [0.25, 0.3) is 11.0 Å². The number of hydrogen-bond acceptors (Lipinski definition) is 6. The van der Waals surface area contributed by atoms with Crippen LogP contribution in [0.3, 0.4) is 0 Å². The van der Waals surface area contributed by atoms with E-state index in [9.17, 15) is 4.79 Å². The van der Waals surface area contributed by atoms with E-state index in [1.54, 1.807) is 0 Å². The van der Waals surface area contributed by atoms with Gasteiger partial charge in [0.05, 0.1) is 17.6 Å². The average Bonchev–Trinajstić information content (AvgIpc) is 3.23. The van der Waals surface area contributed by atoms with E-state index in [4.69, 9.17) is 9.97 Å². The summed E-state index contributed by atoms with van der Waals surface area (Å²) in [6.45, 7) is 2.36. The zero-order valence-corrected chi connectivity index (χ0v) is 12.5. The highest BCUT2D eigenvalue weighted by molar-refractivity contribution is 5.80. The summed E-state index contributed by atoms with van der Waals surface area (Å²) >= 11 is 0. The summed E-state index contributed by atoms with van der Waals surface area (Å²) in [7, 11) is 0. The molecule has 0 amide bonds. The molecular formula is C15H17N7O. The number of rotatable bonds is 4. The Bertz CT molecular complexity index is 879. The molecule has 0 spiro atoms. The fourth-order valence-electron chi connectivity index (χ4n) is 2.82. The van der Waals surface area contributed by atoms with Crippen LogP contribution in [0.1, 0.15) is 18.7 Å². The lowest BCUT2D eigenvalue weighted by molar-refractivity contribution is 0.916. The number of hydrogen-bond donors (Lipinski definition) is 3. The number of anilines is 2. The number of nitrogens with one attached hydrogen (secondary N) is 3. The van der Waals surface area contributed by atoms with Crippen molar-refractivity contribution in [1.29, 1.82) is 0 Å². The molecular weight excluding hydrogens is 294 g/mol. The van der Waals surface area contributed by atoms with Crippen LogP contribution in [0.2, 0.25) is 0 Å². The Labute approximate surface area is 132 Å². The van der Waals surface area contributed by atoms with E-state index >= 15 is 0 Å². The largest absolute Gasteiger partial charge is 0.360 e. The van der Waals surface area contributed by atoms with Gasteiger partial charge in [0.1, 0.15) is 5.82 Å². The number of benzene rings is 1. The third kappa shape index (κ3) is 2.75. The molecule has 1 fully saturated rings. The van der Waals surface area contributed by atoms with Crippen molar-refractivity contribution in [3.63, 3.8) is 0 Å². The van der Waals surface area contributed by atoms with E-state index in [0.29, 0.717) is 12.4 Å². The Balaban J connectivity index is 1.69. The average molecular weight is 311 g/mol. The summed E-state index contributed by atoms with van der Waals surface area (Å²) in [4.78, 5) is 25.5. The number of nitrogens with zero attached hydrogens (tertiary/aromatic N) is 4. The lowest BCUT2D eigenvalue weighted by atomic mass is 10.3. The van der Waals surface area contributed by atoms with Gasteiger partial charge in [-0.25, -0.2) is 19.9 Å². The van der Waals surface area contributed by atoms with Crippen molar-refractivity contribution in [3.05, 3.63) is 40.6 Å². The molecule has 23 heavy (non-hydrogen) atoms. The topological polar surface area (TPSA) is 103 Å². The summed E-state index contributed by atoms with van der Waals surface area (Å²) in [6, 6.07) is 7.82. The smallest absolute Gasteiger partial charge is 0.340 e. The van der Waals surface area contributed by atoms with Gasteiger partial charge in [0.15, 0.2) is 11.6 Å². The molecule has 3 heterocycles. The van der Waals surface area contributed by atoms with Gasteiger partial charge in [-0.05, 0) is 25.0 Å². The molecule has 3 N–H and O–H groups in total. The van der Waals surface area contributed by atoms with Crippen LogP contribution < -0.4 is 15.9 Å². The molecule has 0 unspecified atom stereocenters. The van der Waals surface area contributed by atoms with Crippen LogP contribution in [-0.4, -0.2) is 38.2 Å². The Morgan fingerprint density at radius 3 is 2.57 bits per heavy atom. The molecule has 8 nitrogen and oxygen atoms in total. The van der Waals surface area contributed by atoms with Gasteiger partial charge in [-0.1, -0.05) is 12.1 Å². The number of para-hydroxylation sites is 2. The molecule has 1 aliphatic rings. The highest BCUT2D eigenvalue weighted by Gasteiger charge is 2.19. The van der Waals surface area contributed by atoms with Crippen LogP contribution in [0, 0.1) is 0 Å². The monoisotopic (exact) mass is 311 g/mol. The normalized spacial score (nSPS) is 14.5. The molecule has 0 saturated carbocycles. The molecule has 118 valence electrons. The first-order valence-corrected chi connectivity index (χ1v) is 7.69. The quantitative estimate of drug-likeness (QED) is 0.670. The van der Waals surface area contributed by atoms with Crippen LogP contribution >= 0.6 is 0 Å². The van der Waals surface area contributed by atoms with E-state index < -0.39 is 0 Å². The van der Waals surface area contributed by atoms with Crippen LogP contribution in [0.15, 0.2) is 29.1 Å². The Morgan fingerprint density at radius 1 is 1.13 bits per heavy atom. The lowest BCUT2D eigenvalue weighted by Gasteiger charge is -2.20. The summed E-state index contributed by atoms with van der Waals surface area (Å²) in [5.74, 6) is 2.12. The van der Waals surface area contributed by atoms with Crippen molar-refractivity contribution in [1.82, 2.24) is 25.1 Å². The molecule has 8 heteroatoms. The minimum Gasteiger partial charge on any atom is -0.360 e. The summed E-state index contributed by atoms with van der Waals surface area (Å²) in [5, 5.41) is 9.50. The Kier molecular flexibility index (Phi) is 3.41. The molecule has 2 aromatic heterocycles. The number of aromatic amines is 2. The molecule has 0 radical (unpaired) electrons. The second-order valence-electron chi connectivity index (χ2n) is 5.56. The maximum Gasteiger partial charge on any atom is 0.340 e. The second kappa shape index (κ2) is 5.71. The van der Waals surface area contributed by atoms with Crippen molar-refractivity contribution in [2.75, 3.05) is 23.3 Å². The van der Waals surface area contributed by atoms with Crippen LogP contribution in [0.4, 0.5) is 11.6 Å². The van der Waals surface area contributed by atoms with Gasteiger partial charge < -0.3 is 10.2 Å². The van der Waals surface area contributed by atoms with Crippen molar-refractivity contribution < 1.29 is 0 Å². The molecule has 4 rings (SSSR count). The Morgan fingerprint density at radius 2 is 1.87 bits per heavy atom. The number of H-pyrrole nitrogens is 2. The van der Waals surface area contributed by atoms with E-state index in [0.717, 1.165) is 35.8 Å². The number of aromatic nitrogens is 5. The van der Waals surface area contributed by atoms with E-state index in [1.165, 1.54) is 12.8 Å². The Hall–Kier alpha value is -2.90. The first-order chi connectivity index (χ1) is 11.3. The zero-order chi connectivity index (χ0) is 15.6. The van der Waals surface area contributed by atoms with E-state index in [1.807, 2.05) is 24.3 Å². The maximum atomic E-state index is 11.1. The lowest BCUT2D eigenvalue weighted by Crippen LogP contribution is -2.21. The molecule has 3 aromatic rings. The predicted molar refractivity (Wildman–Crippen MR) is 87.5 cm³/mol. The molecule has 0 bridgehead atoms. The van der Waals surface area contributed by atoms with Crippen LogP contribution in [0.5, 0.6) is 0 Å². The van der Waals surface area contributed by atoms with E-state index in [-0.39, 0.29) is 5.69 Å². The fourth-order valence-corrected chi connectivity index (χ4v) is 2.82. The summed E-state index contributed by atoms with van der Waals surface area (Å²) in [5.41, 5.74) is 1.41. The van der Waals surface area contributed by atoms with Crippen molar-refractivity contribution in [2.45, 2.75) is 19.4 Å². The van der Waals surface area contributed by atoms with Crippen molar-refractivity contribution in [3.8, 4) is 0 Å². The molecule has 1 saturated heterocycles. The van der Waals surface area contributed by atoms with Crippen molar-refractivity contribution in [2.24, 2.45) is 0 Å². The third-order valence-electron chi connectivity index (χ3n) is 3.93. The molecule has 1 aliphatic heterocycles. The minimum atomic E-state index is -0.314. The minimum absolute atomic E-state index is 0.314. The maximum absolute atomic E-state index is 11.1. The highest BCUT2D eigenvalue weighted by atomic mass is 16.1. The van der Waals surface area contributed by atoms with Gasteiger partial charge in [0.25, 0.3) is 0 Å². The molecule has 0 aliphatic carbocycles. The standard InChI is InChI=1S/C15H17N7O/c23-15-19-12(20-21-15)9-16-13-14(22-7-3-4-8-22)18-11-6-2-1-5-10(11)17-13/h1-2,5-6H,3-4,7-9H2,(H,16,17)(H2,19,20,21,23). The first kappa shape index (κ1) is 13.7. The van der Waals surface area contributed by atoms with Crippen LogP contribution in [-0.2, 0) is 6.54 Å². The first-order valence-electron chi connectivity index (χ1n) is 7.69. The van der Waals surface area contributed by atoms with Gasteiger partial charge >= 0.3 is 5.69 Å². The summed E-state index contributed by atoms with van der Waals surface area (Å²) in [6.07, 6.45) is 2.33. The number of fused-ring (bicyclic) bond motifs is 1. The molecule has 0 atom stereocenters. The van der Waals surface area contributed by atoms with Gasteiger partial charge in [-0.15, -0.1) is 0 Å². The predicted octanol–water partition coefficient (Wildman–Crippen LogP) is 1.25. The van der Waals surface area contributed by atoms with Gasteiger partial charge in [-0.3, -0.25) is 4.98 Å². The van der Waals surface area contributed by atoms with Crippen molar-refractivity contribution >= 4 is 22.7 Å². The third-order valence-corrected chi connectivity index (χ3v) is 3.93. The summed E-state index contributed by atoms with van der Waals surface area (Å²) < 4.78 is 0.